The number of anilines is 1. The fourth-order valence-corrected chi connectivity index (χ4v) is 6.15. The molecule has 148 valence electrons. The number of hydrogen-bond acceptors (Lipinski definition) is 6. The Morgan fingerprint density at radius 3 is 2.43 bits per heavy atom. The summed E-state index contributed by atoms with van der Waals surface area (Å²) < 4.78 is 47.1. The summed E-state index contributed by atoms with van der Waals surface area (Å²) in [5, 5.41) is 3.93. The third kappa shape index (κ3) is 3.34. The number of sulfonamides is 1. The molecule has 4 rings (SSSR count). The standard InChI is InChI=1S/C19H20FN3O3S2/c1-13-14(2)21-26-19(13)17-7-8-18(27-17)28(24,25)23-11-9-22(10-12-23)16-6-4-3-5-15(16)20/h3-8H,9-12H2,1-2H3. The molecule has 3 heterocycles. The predicted octanol–water partition coefficient (Wildman–Crippen LogP) is 3.67. The van der Waals surface area contributed by atoms with Crippen molar-refractivity contribution < 1.29 is 17.3 Å². The number of piperazine rings is 1. The van der Waals surface area contributed by atoms with E-state index in [1.54, 1.807) is 30.3 Å². The SMILES string of the molecule is Cc1noc(-c2ccc(S(=O)(=O)N3CCN(c4ccccc4F)CC3)s2)c1C. The molecule has 2 aromatic heterocycles. The number of halogens is 1. The molecule has 1 aliphatic heterocycles. The first-order valence-corrected chi connectivity index (χ1v) is 11.2. The summed E-state index contributed by atoms with van der Waals surface area (Å²) in [7, 11) is -3.60. The van der Waals surface area contributed by atoms with Gasteiger partial charge < -0.3 is 9.42 Å². The normalized spacial score (nSPS) is 15.9. The van der Waals surface area contributed by atoms with Gasteiger partial charge in [-0.2, -0.15) is 4.31 Å². The van der Waals surface area contributed by atoms with Gasteiger partial charge in [-0.15, -0.1) is 11.3 Å². The fourth-order valence-electron chi connectivity index (χ4n) is 3.23. The minimum atomic E-state index is -3.60. The highest BCUT2D eigenvalue weighted by Crippen LogP contribution is 2.35. The van der Waals surface area contributed by atoms with Gasteiger partial charge in [0.25, 0.3) is 10.0 Å². The molecule has 0 aliphatic carbocycles. The molecule has 1 fully saturated rings. The molecule has 0 amide bonds. The van der Waals surface area contributed by atoms with Crippen LogP contribution in [0.5, 0.6) is 0 Å². The Morgan fingerprint density at radius 1 is 1.07 bits per heavy atom. The first kappa shape index (κ1) is 19.1. The fraction of sp³-hybridized carbons (Fsp3) is 0.316. The Kier molecular flexibility index (Phi) is 4.98. The van der Waals surface area contributed by atoms with Gasteiger partial charge in [-0.25, -0.2) is 12.8 Å². The van der Waals surface area contributed by atoms with Crippen LogP contribution >= 0.6 is 11.3 Å². The van der Waals surface area contributed by atoms with Crippen molar-refractivity contribution in [2.75, 3.05) is 31.1 Å². The van der Waals surface area contributed by atoms with Crippen LogP contribution in [0.2, 0.25) is 0 Å². The maximum absolute atomic E-state index is 14.0. The zero-order valence-corrected chi connectivity index (χ0v) is 17.2. The summed E-state index contributed by atoms with van der Waals surface area (Å²) in [6, 6.07) is 9.91. The summed E-state index contributed by atoms with van der Waals surface area (Å²) in [5.41, 5.74) is 2.20. The first-order valence-electron chi connectivity index (χ1n) is 8.90. The molecule has 0 N–H and O–H groups in total. The minimum Gasteiger partial charge on any atom is -0.367 e. The average Bonchev–Trinajstić information content (AvgIpc) is 3.30. The lowest BCUT2D eigenvalue weighted by molar-refractivity contribution is 0.384. The van der Waals surface area contributed by atoms with Gasteiger partial charge in [-0.1, -0.05) is 17.3 Å². The maximum Gasteiger partial charge on any atom is 0.252 e. The molecule has 0 atom stereocenters. The van der Waals surface area contributed by atoms with Crippen LogP contribution in [0.15, 0.2) is 45.1 Å². The highest BCUT2D eigenvalue weighted by atomic mass is 32.2. The number of hydrogen-bond donors (Lipinski definition) is 0. The zero-order valence-electron chi connectivity index (χ0n) is 15.6. The van der Waals surface area contributed by atoms with E-state index in [1.807, 2.05) is 18.7 Å². The molecule has 1 aromatic carbocycles. The summed E-state index contributed by atoms with van der Waals surface area (Å²) in [4.78, 5) is 2.61. The summed E-state index contributed by atoms with van der Waals surface area (Å²) >= 11 is 1.18. The van der Waals surface area contributed by atoms with Gasteiger partial charge in [0.1, 0.15) is 10.0 Å². The van der Waals surface area contributed by atoms with Crippen molar-refractivity contribution in [1.82, 2.24) is 9.46 Å². The van der Waals surface area contributed by atoms with Crippen molar-refractivity contribution in [3.8, 4) is 10.6 Å². The molecule has 0 saturated carbocycles. The van der Waals surface area contributed by atoms with Gasteiger partial charge in [0.05, 0.1) is 16.3 Å². The zero-order chi connectivity index (χ0) is 19.9. The van der Waals surface area contributed by atoms with Crippen molar-refractivity contribution in [2.45, 2.75) is 18.1 Å². The molecule has 6 nitrogen and oxygen atoms in total. The summed E-state index contributed by atoms with van der Waals surface area (Å²) in [6.45, 7) is 5.26. The van der Waals surface area contributed by atoms with Crippen LogP contribution in [0.25, 0.3) is 10.6 Å². The average molecular weight is 422 g/mol. The second-order valence-corrected chi connectivity index (χ2v) is 9.93. The largest absolute Gasteiger partial charge is 0.367 e. The third-order valence-electron chi connectivity index (χ3n) is 4.99. The van der Waals surface area contributed by atoms with Gasteiger partial charge >= 0.3 is 0 Å². The van der Waals surface area contributed by atoms with Crippen molar-refractivity contribution in [1.29, 1.82) is 0 Å². The van der Waals surface area contributed by atoms with Crippen LogP contribution in [-0.2, 0) is 10.0 Å². The number of aryl methyl sites for hydroxylation is 1. The highest BCUT2D eigenvalue weighted by Gasteiger charge is 2.31. The Hall–Kier alpha value is -2.23. The van der Waals surface area contributed by atoms with Crippen LogP contribution in [0.4, 0.5) is 10.1 Å². The topological polar surface area (TPSA) is 66.7 Å². The molecule has 0 bridgehead atoms. The van der Waals surface area contributed by atoms with Gasteiger partial charge in [0.2, 0.25) is 0 Å². The number of nitrogens with zero attached hydrogens (tertiary/aromatic N) is 3. The Bertz CT molecular complexity index is 1100. The van der Waals surface area contributed by atoms with Crippen LogP contribution in [0, 0.1) is 19.7 Å². The summed E-state index contributed by atoms with van der Waals surface area (Å²) in [5.74, 6) is 0.313. The molecule has 9 heteroatoms. The van der Waals surface area contributed by atoms with E-state index in [0.29, 0.717) is 37.6 Å². The third-order valence-corrected chi connectivity index (χ3v) is 8.44. The molecule has 28 heavy (non-hydrogen) atoms. The van der Waals surface area contributed by atoms with E-state index in [-0.39, 0.29) is 10.0 Å². The highest BCUT2D eigenvalue weighted by molar-refractivity contribution is 7.91. The van der Waals surface area contributed by atoms with E-state index in [0.717, 1.165) is 16.1 Å². The van der Waals surface area contributed by atoms with Gasteiger partial charge in [-0.3, -0.25) is 0 Å². The van der Waals surface area contributed by atoms with Gasteiger partial charge in [-0.05, 0) is 38.1 Å². The number of benzene rings is 1. The Morgan fingerprint density at radius 2 is 1.79 bits per heavy atom. The number of aromatic nitrogens is 1. The monoisotopic (exact) mass is 421 g/mol. The number of para-hydroxylation sites is 1. The van der Waals surface area contributed by atoms with E-state index in [4.69, 9.17) is 4.52 Å². The molecule has 1 aliphatic rings. The molecular weight excluding hydrogens is 401 g/mol. The van der Waals surface area contributed by atoms with Crippen molar-refractivity contribution in [2.24, 2.45) is 0 Å². The smallest absolute Gasteiger partial charge is 0.252 e. The number of thiophene rings is 1. The summed E-state index contributed by atoms with van der Waals surface area (Å²) in [6.07, 6.45) is 0. The molecule has 0 unspecified atom stereocenters. The van der Waals surface area contributed by atoms with Crippen LogP contribution < -0.4 is 4.90 Å². The van der Waals surface area contributed by atoms with Crippen molar-refractivity contribution in [3.63, 3.8) is 0 Å². The van der Waals surface area contributed by atoms with Crippen LogP contribution in [-0.4, -0.2) is 44.1 Å². The van der Waals surface area contributed by atoms with Crippen molar-refractivity contribution in [3.05, 3.63) is 53.5 Å². The number of rotatable bonds is 4. The van der Waals surface area contributed by atoms with E-state index in [2.05, 4.69) is 5.16 Å². The molecule has 0 radical (unpaired) electrons. The van der Waals surface area contributed by atoms with E-state index in [9.17, 15) is 12.8 Å². The molecular formula is C19H20FN3O3S2. The Labute approximate surface area is 167 Å². The van der Waals surface area contributed by atoms with Gasteiger partial charge in [0.15, 0.2) is 5.76 Å². The second kappa shape index (κ2) is 7.31. The lowest BCUT2D eigenvalue weighted by Crippen LogP contribution is -2.48. The van der Waals surface area contributed by atoms with Crippen LogP contribution in [0.1, 0.15) is 11.3 Å². The van der Waals surface area contributed by atoms with E-state index in [1.165, 1.54) is 21.7 Å². The van der Waals surface area contributed by atoms with Crippen molar-refractivity contribution >= 4 is 27.0 Å². The lowest BCUT2D eigenvalue weighted by atomic mass is 10.2. The molecule has 1 saturated heterocycles. The molecule has 3 aromatic rings. The first-order chi connectivity index (χ1) is 13.4. The van der Waals surface area contributed by atoms with E-state index < -0.39 is 10.0 Å². The minimum absolute atomic E-state index is 0.273. The quantitative estimate of drug-likeness (QED) is 0.643. The molecule has 0 spiro atoms. The van der Waals surface area contributed by atoms with Gasteiger partial charge in [0, 0.05) is 31.7 Å². The predicted molar refractivity (Wildman–Crippen MR) is 107 cm³/mol. The lowest BCUT2D eigenvalue weighted by Gasteiger charge is -2.35. The van der Waals surface area contributed by atoms with Crippen LogP contribution in [0.3, 0.4) is 0 Å². The Balaban J connectivity index is 1.51. The van der Waals surface area contributed by atoms with E-state index >= 15 is 0 Å². The second-order valence-electron chi connectivity index (χ2n) is 6.68. The maximum atomic E-state index is 14.0.